The zero-order chi connectivity index (χ0) is 34.1. The molecule has 1 N–H and O–H groups in total. The minimum Gasteiger partial charge on any atom is -0.444 e. The Morgan fingerprint density at radius 1 is 0.891 bits per heavy atom. The van der Waals surface area contributed by atoms with Gasteiger partial charge in [-0.25, -0.2) is 9.59 Å². The maximum Gasteiger partial charge on any atom is 0.410 e. The first kappa shape index (κ1) is 37.1. The van der Waals surface area contributed by atoms with E-state index in [0.29, 0.717) is 32.0 Å². The third-order valence-electron chi connectivity index (χ3n) is 8.12. The van der Waals surface area contributed by atoms with Crippen LogP contribution in [-0.2, 0) is 20.7 Å². The molecule has 0 saturated carbocycles. The monoisotopic (exact) mass is 638 g/mol. The Bertz CT molecular complexity index is 1300. The molecule has 3 rings (SSSR count). The van der Waals surface area contributed by atoms with Gasteiger partial charge >= 0.3 is 12.2 Å². The molecule has 1 saturated heterocycles. The number of nitrogens with zero attached hydrogens (tertiary/aromatic N) is 3. The zero-order valence-electron chi connectivity index (χ0n) is 29.7. The Labute approximate surface area is 277 Å². The molecule has 0 bridgehead atoms. The lowest BCUT2D eigenvalue weighted by Gasteiger charge is -2.46. The van der Waals surface area contributed by atoms with Gasteiger partial charge in [0.25, 0.3) is 0 Å². The molecule has 2 atom stereocenters. The number of hydrogen-bond acceptors (Lipinski definition) is 6. The summed E-state index contributed by atoms with van der Waals surface area (Å²) in [5.74, 6) is 0.683. The summed E-state index contributed by atoms with van der Waals surface area (Å²) in [5.41, 5.74) is -0.160. The number of unbranched alkanes of at least 4 members (excludes halogenated alkanes) is 1. The van der Waals surface area contributed by atoms with Gasteiger partial charge in [0.05, 0.1) is 6.42 Å². The SMILES string of the molecule is CC(C)C[C@@H]1CN(C)[C@@H](CCCCN(CCNC(=O)OC(C)(C)C)C(=O)OC(C)(C)C)CN1C(=O)Cc1ccc2ccccc2c1. The smallest absolute Gasteiger partial charge is 0.410 e. The van der Waals surface area contributed by atoms with Gasteiger partial charge in [0.2, 0.25) is 5.91 Å². The third kappa shape index (κ3) is 12.5. The highest BCUT2D eigenvalue weighted by molar-refractivity contribution is 5.85. The first-order chi connectivity index (χ1) is 21.5. The van der Waals surface area contributed by atoms with E-state index in [2.05, 4.69) is 66.3 Å². The van der Waals surface area contributed by atoms with E-state index < -0.39 is 23.4 Å². The Kier molecular flexibility index (Phi) is 13.3. The third-order valence-corrected chi connectivity index (χ3v) is 8.12. The lowest BCUT2D eigenvalue weighted by Crippen LogP contribution is -2.59. The van der Waals surface area contributed by atoms with Gasteiger partial charge in [0, 0.05) is 44.8 Å². The van der Waals surface area contributed by atoms with E-state index in [0.717, 1.165) is 43.2 Å². The maximum absolute atomic E-state index is 13.8. The number of amides is 3. The molecule has 0 aromatic heterocycles. The summed E-state index contributed by atoms with van der Waals surface area (Å²) in [5, 5.41) is 5.08. The number of rotatable bonds is 12. The van der Waals surface area contributed by atoms with Crippen LogP contribution in [0.2, 0.25) is 0 Å². The predicted octanol–water partition coefficient (Wildman–Crippen LogP) is 6.87. The highest BCUT2D eigenvalue weighted by Crippen LogP contribution is 2.25. The summed E-state index contributed by atoms with van der Waals surface area (Å²) in [6, 6.07) is 15.0. The quantitative estimate of drug-likeness (QED) is 0.255. The van der Waals surface area contributed by atoms with Crippen molar-refractivity contribution in [1.82, 2.24) is 20.0 Å². The fourth-order valence-electron chi connectivity index (χ4n) is 5.99. The fraction of sp³-hybridized carbons (Fsp3) is 0.649. The van der Waals surface area contributed by atoms with Crippen LogP contribution in [-0.4, -0.2) is 95.9 Å². The molecule has 0 spiro atoms. The Hall–Kier alpha value is -3.33. The normalized spacial score (nSPS) is 17.7. The van der Waals surface area contributed by atoms with E-state index in [4.69, 9.17) is 9.47 Å². The van der Waals surface area contributed by atoms with Crippen molar-refractivity contribution in [2.24, 2.45) is 5.92 Å². The number of carbonyl (C=O) groups excluding carboxylic acids is 3. The number of hydrogen-bond donors (Lipinski definition) is 1. The van der Waals surface area contributed by atoms with Crippen LogP contribution in [0.3, 0.4) is 0 Å². The number of benzene rings is 2. The van der Waals surface area contributed by atoms with Gasteiger partial charge in [-0.3, -0.25) is 9.69 Å². The molecule has 46 heavy (non-hydrogen) atoms. The van der Waals surface area contributed by atoms with Crippen molar-refractivity contribution in [3.63, 3.8) is 0 Å². The van der Waals surface area contributed by atoms with Crippen LogP contribution in [0.15, 0.2) is 42.5 Å². The second-order valence-corrected chi connectivity index (χ2v) is 15.2. The second-order valence-electron chi connectivity index (χ2n) is 15.2. The second kappa shape index (κ2) is 16.5. The largest absolute Gasteiger partial charge is 0.444 e. The number of fused-ring (bicyclic) bond motifs is 1. The maximum atomic E-state index is 13.8. The topological polar surface area (TPSA) is 91.4 Å². The molecule has 9 nitrogen and oxygen atoms in total. The van der Waals surface area contributed by atoms with Gasteiger partial charge in [-0.1, -0.05) is 62.7 Å². The average molecular weight is 639 g/mol. The van der Waals surface area contributed by atoms with Crippen molar-refractivity contribution < 1.29 is 23.9 Å². The molecule has 2 aromatic carbocycles. The molecule has 0 aliphatic carbocycles. The van der Waals surface area contributed by atoms with Gasteiger partial charge in [0.15, 0.2) is 0 Å². The molecular weight excluding hydrogens is 580 g/mol. The summed E-state index contributed by atoms with van der Waals surface area (Å²) in [6.07, 6.45) is 3.08. The van der Waals surface area contributed by atoms with Crippen LogP contribution < -0.4 is 5.32 Å². The van der Waals surface area contributed by atoms with Crippen LogP contribution in [0.5, 0.6) is 0 Å². The number of nitrogens with one attached hydrogen (secondary N) is 1. The van der Waals surface area contributed by atoms with Gasteiger partial charge in [-0.15, -0.1) is 0 Å². The molecule has 2 aromatic rings. The summed E-state index contributed by atoms with van der Waals surface area (Å²) >= 11 is 0. The van der Waals surface area contributed by atoms with E-state index in [1.54, 1.807) is 4.90 Å². The van der Waals surface area contributed by atoms with E-state index >= 15 is 0 Å². The average Bonchev–Trinajstić information content (AvgIpc) is 2.92. The molecule has 1 fully saturated rings. The Balaban J connectivity index is 1.59. The Morgan fingerprint density at radius 3 is 2.22 bits per heavy atom. The fourth-order valence-corrected chi connectivity index (χ4v) is 5.99. The van der Waals surface area contributed by atoms with Crippen molar-refractivity contribution in [3.8, 4) is 0 Å². The van der Waals surface area contributed by atoms with Crippen molar-refractivity contribution in [2.45, 2.75) is 111 Å². The molecule has 3 amide bonds. The van der Waals surface area contributed by atoms with Crippen molar-refractivity contribution >= 4 is 28.9 Å². The summed E-state index contributed by atoms with van der Waals surface area (Å²) in [7, 11) is 2.17. The van der Waals surface area contributed by atoms with Crippen LogP contribution >= 0.6 is 0 Å². The van der Waals surface area contributed by atoms with E-state index in [9.17, 15) is 14.4 Å². The van der Waals surface area contributed by atoms with E-state index in [1.165, 1.54) is 5.39 Å². The van der Waals surface area contributed by atoms with Gasteiger partial charge < -0.3 is 24.6 Å². The molecule has 1 heterocycles. The van der Waals surface area contributed by atoms with Crippen molar-refractivity contribution in [2.75, 3.05) is 39.8 Å². The number of carbonyl (C=O) groups is 3. The standard InChI is InChI=1S/C37H58N4O5/c1-27(2)22-32-25-39(9)31(26-41(32)33(42)24-28-17-18-29-14-10-11-15-30(29)23-28)16-12-13-20-40(35(44)46-37(6,7)8)21-19-38-34(43)45-36(3,4)5/h10-11,14-15,17-18,23,27,31-32H,12-13,16,19-22,24-26H2,1-9H3,(H,38,43)/t31-,32+/m0/s1. The number of piperazine rings is 1. The number of likely N-dealkylation sites (N-methyl/N-ethyl adjacent to an activating group) is 1. The molecule has 256 valence electrons. The number of ether oxygens (including phenoxy) is 2. The predicted molar refractivity (Wildman–Crippen MR) is 185 cm³/mol. The van der Waals surface area contributed by atoms with E-state index in [1.807, 2.05) is 53.7 Å². The molecule has 9 heteroatoms. The van der Waals surface area contributed by atoms with Crippen LogP contribution in [0.4, 0.5) is 9.59 Å². The molecule has 1 aliphatic rings. The van der Waals surface area contributed by atoms with Crippen LogP contribution in [0.1, 0.15) is 86.6 Å². The highest BCUT2D eigenvalue weighted by atomic mass is 16.6. The van der Waals surface area contributed by atoms with Gasteiger partial charge in [-0.05, 0) is 90.1 Å². The lowest BCUT2D eigenvalue weighted by molar-refractivity contribution is -0.137. The molecule has 0 unspecified atom stereocenters. The van der Waals surface area contributed by atoms with Crippen LogP contribution in [0, 0.1) is 5.92 Å². The highest BCUT2D eigenvalue weighted by Gasteiger charge is 2.34. The lowest BCUT2D eigenvalue weighted by atomic mass is 9.95. The number of alkyl carbamates (subject to hydrolysis) is 1. The zero-order valence-corrected chi connectivity index (χ0v) is 29.7. The first-order valence-corrected chi connectivity index (χ1v) is 16.9. The first-order valence-electron chi connectivity index (χ1n) is 16.9. The molecule has 1 aliphatic heterocycles. The molecular formula is C37H58N4O5. The summed E-state index contributed by atoms with van der Waals surface area (Å²) < 4.78 is 11.0. The van der Waals surface area contributed by atoms with Crippen molar-refractivity contribution in [1.29, 1.82) is 0 Å². The molecule has 0 radical (unpaired) electrons. The van der Waals surface area contributed by atoms with Gasteiger partial charge in [0.1, 0.15) is 11.2 Å². The van der Waals surface area contributed by atoms with Crippen LogP contribution in [0.25, 0.3) is 10.8 Å². The Morgan fingerprint density at radius 2 is 1.57 bits per heavy atom. The van der Waals surface area contributed by atoms with Crippen molar-refractivity contribution in [3.05, 3.63) is 48.0 Å². The summed E-state index contributed by atoms with van der Waals surface area (Å²) in [4.78, 5) is 45.1. The van der Waals surface area contributed by atoms with Gasteiger partial charge in [-0.2, -0.15) is 0 Å². The van der Waals surface area contributed by atoms with E-state index in [-0.39, 0.29) is 24.5 Å². The minimum atomic E-state index is -0.617. The summed E-state index contributed by atoms with van der Waals surface area (Å²) in [6.45, 7) is 18.1. The minimum absolute atomic E-state index is 0.188.